The minimum atomic E-state index is -0.853. The molecule has 1 aromatic heterocycles. The number of benzene rings is 1. The molecule has 0 aliphatic heterocycles. The molecule has 154 valence electrons. The van der Waals surface area contributed by atoms with Crippen LogP contribution in [0.2, 0.25) is 0 Å². The molecule has 0 saturated carbocycles. The number of rotatable bonds is 7. The molecule has 0 saturated heterocycles. The molecule has 0 aliphatic rings. The molecule has 1 heterocycles. The number of amides is 1. The van der Waals surface area contributed by atoms with Crippen LogP contribution in [0.3, 0.4) is 0 Å². The number of nitrogens with one attached hydrogen (secondary N) is 1. The molecule has 0 radical (unpaired) electrons. The van der Waals surface area contributed by atoms with Crippen LogP contribution in [0, 0.1) is 17.6 Å². The fraction of sp³-hybridized carbons (Fsp3) is 0.524. The van der Waals surface area contributed by atoms with Crippen molar-refractivity contribution in [2.24, 2.45) is 5.92 Å². The number of carbonyl (C=O) groups is 1. The Morgan fingerprint density at radius 1 is 1.11 bits per heavy atom. The van der Waals surface area contributed by atoms with Crippen LogP contribution in [0.25, 0.3) is 0 Å². The first kappa shape index (κ1) is 21.9. The molecule has 0 unspecified atom stereocenters. The van der Waals surface area contributed by atoms with Crippen molar-refractivity contribution in [2.45, 2.75) is 66.0 Å². The first-order chi connectivity index (χ1) is 13.1. The Morgan fingerprint density at radius 2 is 1.79 bits per heavy atom. The Hall–Kier alpha value is -2.44. The van der Waals surface area contributed by atoms with E-state index in [4.69, 9.17) is 4.74 Å². The molecule has 2 aromatic rings. The summed E-state index contributed by atoms with van der Waals surface area (Å²) in [4.78, 5) is 12.3. The highest BCUT2D eigenvalue weighted by molar-refractivity contribution is 5.84. The van der Waals surface area contributed by atoms with E-state index in [1.165, 1.54) is 0 Å². The van der Waals surface area contributed by atoms with Crippen molar-refractivity contribution in [2.75, 3.05) is 5.32 Å². The molecule has 2 rings (SSSR count). The Bertz CT molecular complexity index is 816. The maximum atomic E-state index is 13.7. The van der Waals surface area contributed by atoms with Crippen LogP contribution in [-0.2, 0) is 11.3 Å². The number of aromatic nitrogens is 2. The van der Waals surface area contributed by atoms with Crippen molar-refractivity contribution in [3.63, 3.8) is 0 Å². The quantitative estimate of drug-likeness (QED) is 0.658. The molecule has 7 heteroatoms. The predicted molar refractivity (Wildman–Crippen MR) is 105 cm³/mol. The lowest BCUT2D eigenvalue weighted by atomic mass is 10.1. The number of carbonyl (C=O) groups excluding carboxylic acids is 1. The van der Waals surface area contributed by atoms with Gasteiger partial charge in [0.25, 0.3) is 0 Å². The highest BCUT2D eigenvalue weighted by Gasteiger charge is 2.23. The number of anilines is 1. The van der Waals surface area contributed by atoms with Crippen molar-refractivity contribution >= 4 is 11.8 Å². The van der Waals surface area contributed by atoms with Gasteiger partial charge in [-0.15, -0.1) is 0 Å². The molecule has 28 heavy (non-hydrogen) atoms. The van der Waals surface area contributed by atoms with E-state index in [1.54, 1.807) is 0 Å². The molecular formula is C21H29F2N3O2. The Balaban J connectivity index is 2.14. The summed E-state index contributed by atoms with van der Waals surface area (Å²) < 4.78 is 34.2. The van der Waals surface area contributed by atoms with Gasteiger partial charge >= 0.3 is 6.09 Å². The van der Waals surface area contributed by atoms with Crippen LogP contribution in [-0.4, -0.2) is 22.0 Å². The van der Waals surface area contributed by atoms with E-state index >= 15 is 0 Å². The molecule has 0 bridgehead atoms. The van der Waals surface area contributed by atoms with E-state index in [0.29, 0.717) is 18.5 Å². The van der Waals surface area contributed by atoms with E-state index in [1.807, 2.05) is 18.5 Å². The molecule has 1 amide bonds. The lowest BCUT2D eigenvalue weighted by Gasteiger charge is -2.23. The van der Waals surface area contributed by atoms with Crippen LogP contribution in [0.5, 0.6) is 0 Å². The van der Waals surface area contributed by atoms with Gasteiger partial charge < -0.3 is 4.74 Å². The second kappa shape index (κ2) is 9.17. The second-order valence-corrected chi connectivity index (χ2v) is 7.92. The number of hydrogen-bond acceptors (Lipinski definition) is 3. The van der Waals surface area contributed by atoms with E-state index < -0.39 is 23.8 Å². The minimum absolute atomic E-state index is 0.0236. The van der Waals surface area contributed by atoms with Gasteiger partial charge in [-0.25, -0.2) is 13.6 Å². The van der Waals surface area contributed by atoms with Gasteiger partial charge in [0.1, 0.15) is 17.7 Å². The van der Waals surface area contributed by atoms with Crippen molar-refractivity contribution in [1.82, 2.24) is 9.78 Å². The summed E-state index contributed by atoms with van der Waals surface area (Å²) in [5.74, 6) is -0.974. The highest BCUT2D eigenvalue weighted by atomic mass is 19.1. The number of nitrogens with zero attached hydrogens (tertiary/aromatic N) is 2. The Morgan fingerprint density at radius 3 is 2.32 bits per heavy atom. The van der Waals surface area contributed by atoms with Gasteiger partial charge in [0, 0.05) is 11.8 Å². The summed E-state index contributed by atoms with van der Waals surface area (Å²) in [5, 5.41) is 7.01. The normalized spacial score (nSPS) is 12.7. The second-order valence-electron chi connectivity index (χ2n) is 7.92. The van der Waals surface area contributed by atoms with Crippen LogP contribution >= 0.6 is 0 Å². The van der Waals surface area contributed by atoms with Gasteiger partial charge in [0.2, 0.25) is 0 Å². The molecule has 1 aromatic carbocycles. The van der Waals surface area contributed by atoms with E-state index in [0.717, 1.165) is 23.5 Å². The average Bonchev–Trinajstić information content (AvgIpc) is 3.01. The smallest absolute Gasteiger partial charge is 0.412 e. The summed E-state index contributed by atoms with van der Waals surface area (Å²) in [5.41, 5.74) is 1.94. The topological polar surface area (TPSA) is 56.1 Å². The molecule has 1 N–H and O–H groups in total. The number of halogens is 2. The van der Waals surface area contributed by atoms with Gasteiger partial charge in [-0.1, -0.05) is 41.5 Å². The standard InChI is InChI=1S/C21H29F2N3O2/c1-12(2)18-10-19(13(3)4)26(25-18)11-20(14(5)6)28-21(27)24-17-8-7-15(22)9-16(17)23/h7-10,12-14,20H,11H2,1-6H3,(H,24,27)/t20-/m1/s1. The van der Waals surface area contributed by atoms with Crippen LogP contribution in [0.1, 0.15) is 64.8 Å². The number of ether oxygens (including phenoxy) is 1. The zero-order chi connectivity index (χ0) is 21.0. The third-order valence-electron chi connectivity index (χ3n) is 4.54. The van der Waals surface area contributed by atoms with E-state index in [2.05, 4.69) is 44.2 Å². The van der Waals surface area contributed by atoms with Crippen LogP contribution < -0.4 is 5.32 Å². The third-order valence-corrected chi connectivity index (χ3v) is 4.54. The zero-order valence-corrected chi connectivity index (χ0v) is 17.3. The lowest BCUT2D eigenvalue weighted by molar-refractivity contribution is 0.0672. The minimum Gasteiger partial charge on any atom is -0.444 e. The Labute approximate surface area is 165 Å². The summed E-state index contributed by atoms with van der Waals surface area (Å²) in [6.07, 6.45) is -1.24. The van der Waals surface area contributed by atoms with Crippen LogP contribution in [0.15, 0.2) is 24.3 Å². The van der Waals surface area contributed by atoms with Gasteiger partial charge in [0.05, 0.1) is 17.9 Å². The molecule has 0 spiro atoms. The fourth-order valence-electron chi connectivity index (χ4n) is 2.77. The SMILES string of the molecule is CC(C)c1cc(C(C)C)n(C[C@@H](OC(=O)Nc2ccc(F)cc2F)C(C)C)n1. The molecule has 0 fully saturated rings. The zero-order valence-electron chi connectivity index (χ0n) is 17.3. The van der Waals surface area contributed by atoms with Crippen molar-refractivity contribution in [1.29, 1.82) is 0 Å². The fourth-order valence-corrected chi connectivity index (χ4v) is 2.77. The monoisotopic (exact) mass is 393 g/mol. The van der Waals surface area contributed by atoms with Crippen LogP contribution in [0.4, 0.5) is 19.3 Å². The summed E-state index contributed by atoms with van der Waals surface area (Å²) >= 11 is 0. The van der Waals surface area contributed by atoms with Crippen molar-refractivity contribution < 1.29 is 18.3 Å². The van der Waals surface area contributed by atoms with Crippen molar-refractivity contribution in [3.8, 4) is 0 Å². The average molecular weight is 393 g/mol. The first-order valence-corrected chi connectivity index (χ1v) is 9.58. The van der Waals surface area contributed by atoms with Gasteiger partial charge in [0.15, 0.2) is 0 Å². The lowest BCUT2D eigenvalue weighted by Crippen LogP contribution is -2.32. The third kappa shape index (κ3) is 5.53. The molecular weight excluding hydrogens is 364 g/mol. The molecule has 5 nitrogen and oxygen atoms in total. The molecule has 0 aliphatic carbocycles. The molecule has 1 atom stereocenters. The summed E-state index contributed by atoms with van der Waals surface area (Å²) in [6, 6.07) is 5.03. The van der Waals surface area contributed by atoms with Crippen molar-refractivity contribution in [3.05, 3.63) is 47.3 Å². The largest absolute Gasteiger partial charge is 0.444 e. The predicted octanol–water partition coefficient (Wildman–Crippen LogP) is 5.68. The highest BCUT2D eigenvalue weighted by Crippen LogP contribution is 2.23. The van der Waals surface area contributed by atoms with Gasteiger partial charge in [-0.05, 0) is 36.0 Å². The number of hydrogen-bond donors (Lipinski definition) is 1. The Kier molecular flexibility index (Phi) is 7.16. The van der Waals surface area contributed by atoms with E-state index in [9.17, 15) is 13.6 Å². The van der Waals surface area contributed by atoms with Gasteiger partial charge in [-0.2, -0.15) is 5.10 Å². The van der Waals surface area contributed by atoms with E-state index in [-0.39, 0.29) is 17.5 Å². The summed E-state index contributed by atoms with van der Waals surface area (Å²) in [6.45, 7) is 12.6. The summed E-state index contributed by atoms with van der Waals surface area (Å²) in [7, 11) is 0. The maximum Gasteiger partial charge on any atom is 0.412 e. The first-order valence-electron chi connectivity index (χ1n) is 9.58. The maximum absolute atomic E-state index is 13.7. The van der Waals surface area contributed by atoms with Gasteiger partial charge in [-0.3, -0.25) is 10.00 Å².